The summed E-state index contributed by atoms with van der Waals surface area (Å²) in [5.41, 5.74) is 3.87. The number of fused-ring (bicyclic) bond motifs is 1. The van der Waals surface area contributed by atoms with E-state index in [0.29, 0.717) is 5.92 Å². The molecule has 1 saturated heterocycles. The van der Waals surface area contributed by atoms with Gasteiger partial charge in [0.2, 0.25) is 0 Å². The molecule has 2 aliphatic heterocycles. The zero-order valence-electron chi connectivity index (χ0n) is 14.4. The van der Waals surface area contributed by atoms with Gasteiger partial charge in [0.1, 0.15) is 5.82 Å². The fourth-order valence-electron chi connectivity index (χ4n) is 3.85. The van der Waals surface area contributed by atoms with E-state index in [9.17, 15) is 0 Å². The van der Waals surface area contributed by atoms with E-state index in [4.69, 9.17) is 9.97 Å². The van der Waals surface area contributed by atoms with Gasteiger partial charge in [0.25, 0.3) is 0 Å². The molecule has 2 aliphatic rings. The van der Waals surface area contributed by atoms with Crippen LogP contribution in [-0.4, -0.2) is 51.4 Å². The van der Waals surface area contributed by atoms with Crippen molar-refractivity contribution in [3.05, 3.63) is 53.4 Å². The molecule has 4 rings (SSSR count). The van der Waals surface area contributed by atoms with Gasteiger partial charge in [-0.25, -0.2) is 9.97 Å². The van der Waals surface area contributed by atoms with E-state index in [1.54, 1.807) is 0 Å². The Morgan fingerprint density at radius 3 is 2.92 bits per heavy atom. The lowest BCUT2D eigenvalue weighted by Gasteiger charge is -2.31. The van der Waals surface area contributed by atoms with Gasteiger partial charge in [-0.05, 0) is 44.1 Å². The number of hydrogen-bond donors (Lipinski definition) is 0. The van der Waals surface area contributed by atoms with Crippen molar-refractivity contribution in [3.63, 3.8) is 0 Å². The zero-order chi connectivity index (χ0) is 16.4. The molecular formula is C19H25N5. The minimum Gasteiger partial charge on any atom is -0.306 e. The normalized spacial score (nSPS) is 22.3. The highest BCUT2D eigenvalue weighted by atomic mass is 15.1. The van der Waals surface area contributed by atoms with E-state index < -0.39 is 0 Å². The average Bonchev–Trinajstić information content (AvgIpc) is 2.62. The summed E-state index contributed by atoms with van der Waals surface area (Å²) >= 11 is 0. The van der Waals surface area contributed by atoms with Crippen LogP contribution in [0.3, 0.4) is 0 Å². The summed E-state index contributed by atoms with van der Waals surface area (Å²) in [6.07, 6.45) is 9.30. The summed E-state index contributed by atoms with van der Waals surface area (Å²) in [5.74, 6) is 1.56. The SMILES string of the molecule is CN1CCC[C@H](c2ncc3c(n2)CCN(Cc2ccncc2)C3)C1. The molecule has 1 fully saturated rings. The minimum absolute atomic E-state index is 0.504. The number of likely N-dealkylation sites (tertiary alicyclic amines) is 1. The van der Waals surface area contributed by atoms with Gasteiger partial charge in [-0.3, -0.25) is 9.88 Å². The monoisotopic (exact) mass is 323 g/mol. The minimum atomic E-state index is 0.504. The maximum atomic E-state index is 4.94. The first kappa shape index (κ1) is 15.7. The van der Waals surface area contributed by atoms with Crippen LogP contribution in [0.5, 0.6) is 0 Å². The molecular weight excluding hydrogens is 298 g/mol. The number of likely N-dealkylation sites (N-methyl/N-ethyl adjacent to an activating group) is 1. The Hall–Kier alpha value is -1.85. The van der Waals surface area contributed by atoms with Crippen LogP contribution in [0.2, 0.25) is 0 Å². The lowest BCUT2D eigenvalue weighted by Crippen LogP contribution is -2.33. The van der Waals surface area contributed by atoms with Gasteiger partial charge in [-0.15, -0.1) is 0 Å². The van der Waals surface area contributed by atoms with Crippen LogP contribution in [0.25, 0.3) is 0 Å². The first-order valence-corrected chi connectivity index (χ1v) is 8.92. The first-order chi connectivity index (χ1) is 11.8. The van der Waals surface area contributed by atoms with Gasteiger partial charge in [0.05, 0.1) is 0 Å². The molecule has 0 aromatic carbocycles. The molecule has 4 heterocycles. The number of hydrogen-bond acceptors (Lipinski definition) is 5. The number of nitrogens with zero attached hydrogens (tertiary/aromatic N) is 5. The molecule has 0 N–H and O–H groups in total. The van der Waals surface area contributed by atoms with Crippen LogP contribution in [-0.2, 0) is 19.5 Å². The third-order valence-corrected chi connectivity index (χ3v) is 5.18. The highest BCUT2D eigenvalue weighted by molar-refractivity contribution is 5.22. The van der Waals surface area contributed by atoms with Gasteiger partial charge in [-0.1, -0.05) is 0 Å². The second kappa shape index (κ2) is 6.95. The van der Waals surface area contributed by atoms with E-state index >= 15 is 0 Å². The summed E-state index contributed by atoms with van der Waals surface area (Å²) in [7, 11) is 2.20. The Labute approximate surface area is 143 Å². The average molecular weight is 323 g/mol. The number of pyridine rings is 1. The third-order valence-electron chi connectivity index (χ3n) is 5.18. The highest BCUT2D eigenvalue weighted by Crippen LogP contribution is 2.26. The Morgan fingerprint density at radius 2 is 2.08 bits per heavy atom. The van der Waals surface area contributed by atoms with E-state index in [0.717, 1.165) is 38.4 Å². The van der Waals surface area contributed by atoms with E-state index in [1.165, 1.54) is 36.2 Å². The zero-order valence-corrected chi connectivity index (χ0v) is 14.4. The van der Waals surface area contributed by atoms with Gasteiger partial charge >= 0.3 is 0 Å². The predicted octanol–water partition coefficient (Wildman–Crippen LogP) is 2.24. The van der Waals surface area contributed by atoms with Gasteiger partial charge in [0.15, 0.2) is 0 Å². The largest absolute Gasteiger partial charge is 0.306 e. The highest BCUT2D eigenvalue weighted by Gasteiger charge is 2.24. The van der Waals surface area contributed by atoms with Gasteiger partial charge in [0, 0.05) is 68.4 Å². The Kier molecular flexibility index (Phi) is 4.54. The fraction of sp³-hybridized carbons (Fsp3) is 0.526. The van der Waals surface area contributed by atoms with Crippen LogP contribution >= 0.6 is 0 Å². The van der Waals surface area contributed by atoms with Crippen LogP contribution < -0.4 is 0 Å². The van der Waals surface area contributed by atoms with Crippen LogP contribution in [0.15, 0.2) is 30.7 Å². The van der Waals surface area contributed by atoms with E-state index in [1.807, 2.05) is 12.4 Å². The summed E-state index contributed by atoms with van der Waals surface area (Å²) in [5, 5.41) is 0. The van der Waals surface area contributed by atoms with Crippen molar-refractivity contribution in [2.45, 2.75) is 38.3 Å². The molecule has 0 spiro atoms. The molecule has 5 heteroatoms. The van der Waals surface area contributed by atoms with Crippen molar-refractivity contribution >= 4 is 0 Å². The van der Waals surface area contributed by atoms with Crippen LogP contribution in [0.1, 0.15) is 41.4 Å². The predicted molar refractivity (Wildman–Crippen MR) is 93.6 cm³/mol. The van der Waals surface area contributed by atoms with Crippen molar-refractivity contribution < 1.29 is 0 Å². The maximum Gasteiger partial charge on any atom is 0.132 e. The Balaban J connectivity index is 1.45. The standard InChI is InChI=1S/C19H25N5/c1-23-9-2-3-16(13-23)19-21-11-17-14-24(10-6-18(17)22-19)12-15-4-7-20-8-5-15/h4-5,7-8,11,16H,2-3,6,9-10,12-14H2,1H3/t16-/m0/s1. The molecule has 0 amide bonds. The topological polar surface area (TPSA) is 45.2 Å². The maximum absolute atomic E-state index is 4.94. The van der Waals surface area contributed by atoms with Crippen molar-refractivity contribution in [2.75, 3.05) is 26.7 Å². The van der Waals surface area contributed by atoms with Crippen LogP contribution in [0, 0.1) is 0 Å². The Morgan fingerprint density at radius 1 is 1.21 bits per heavy atom. The summed E-state index contributed by atoms with van der Waals surface area (Å²) < 4.78 is 0. The molecule has 1 atom stereocenters. The summed E-state index contributed by atoms with van der Waals surface area (Å²) in [6.45, 7) is 5.27. The van der Waals surface area contributed by atoms with Crippen molar-refractivity contribution in [1.82, 2.24) is 24.8 Å². The molecule has 0 radical (unpaired) electrons. The third kappa shape index (κ3) is 3.47. The molecule has 2 aromatic rings. The smallest absolute Gasteiger partial charge is 0.132 e. The summed E-state index contributed by atoms with van der Waals surface area (Å²) in [4.78, 5) is 18.6. The number of piperidine rings is 1. The molecule has 0 unspecified atom stereocenters. The lowest BCUT2D eigenvalue weighted by atomic mass is 9.97. The van der Waals surface area contributed by atoms with E-state index in [2.05, 4.69) is 40.2 Å². The van der Waals surface area contributed by atoms with Crippen molar-refractivity contribution in [2.24, 2.45) is 0 Å². The number of rotatable bonds is 3. The fourth-order valence-corrected chi connectivity index (χ4v) is 3.85. The van der Waals surface area contributed by atoms with Crippen molar-refractivity contribution in [1.29, 1.82) is 0 Å². The molecule has 24 heavy (non-hydrogen) atoms. The molecule has 0 bridgehead atoms. The molecule has 5 nitrogen and oxygen atoms in total. The Bertz CT molecular complexity index is 687. The van der Waals surface area contributed by atoms with Gasteiger partial charge < -0.3 is 4.90 Å². The molecule has 2 aromatic heterocycles. The lowest BCUT2D eigenvalue weighted by molar-refractivity contribution is 0.236. The molecule has 0 aliphatic carbocycles. The first-order valence-electron chi connectivity index (χ1n) is 8.92. The summed E-state index contributed by atoms with van der Waals surface area (Å²) in [6, 6.07) is 4.18. The second-order valence-corrected chi connectivity index (χ2v) is 7.12. The van der Waals surface area contributed by atoms with Gasteiger partial charge in [-0.2, -0.15) is 0 Å². The number of aromatic nitrogens is 3. The van der Waals surface area contributed by atoms with E-state index in [-0.39, 0.29) is 0 Å². The van der Waals surface area contributed by atoms with Crippen LogP contribution in [0.4, 0.5) is 0 Å². The molecule has 0 saturated carbocycles. The molecule has 126 valence electrons. The quantitative estimate of drug-likeness (QED) is 0.867. The van der Waals surface area contributed by atoms with Crippen molar-refractivity contribution in [3.8, 4) is 0 Å². The second-order valence-electron chi connectivity index (χ2n) is 7.12.